The zero-order valence-electron chi connectivity index (χ0n) is 12.4. The number of nitrogens with one attached hydrogen (secondary N) is 2. The lowest BCUT2D eigenvalue weighted by Crippen LogP contribution is -2.29. The van der Waals surface area contributed by atoms with Gasteiger partial charge in [-0.3, -0.25) is 4.79 Å². The Morgan fingerprint density at radius 1 is 1.30 bits per heavy atom. The van der Waals surface area contributed by atoms with Crippen molar-refractivity contribution >= 4 is 17.6 Å². The van der Waals surface area contributed by atoms with Gasteiger partial charge in [0.05, 0.1) is 0 Å². The summed E-state index contributed by atoms with van der Waals surface area (Å²) in [6, 6.07) is 7.30. The number of amides is 3. The summed E-state index contributed by atoms with van der Waals surface area (Å²) >= 11 is 0. The number of anilines is 1. The van der Waals surface area contributed by atoms with Gasteiger partial charge in [-0.05, 0) is 24.1 Å². The average molecular weight is 277 g/mol. The Bertz CT molecular complexity index is 460. The van der Waals surface area contributed by atoms with Crippen LogP contribution in [0.5, 0.6) is 0 Å². The van der Waals surface area contributed by atoms with Crippen LogP contribution >= 0.6 is 0 Å². The number of carbonyl (C=O) groups excluding carboxylic acids is 2. The van der Waals surface area contributed by atoms with Crippen molar-refractivity contribution in [1.29, 1.82) is 0 Å². The highest BCUT2D eigenvalue weighted by Gasteiger charge is 2.05. The van der Waals surface area contributed by atoms with Gasteiger partial charge in [-0.25, -0.2) is 4.79 Å². The van der Waals surface area contributed by atoms with E-state index in [0.717, 1.165) is 24.1 Å². The Morgan fingerprint density at radius 2 is 2.05 bits per heavy atom. The van der Waals surface area contributed by atoms with Crippen molar-refractivity contribution in [2.45, 2.75) is 33.2 Å². The fourth-order valence-electron chi connectivity index (χ4n) is 1.69. The molecule has 0 aliphatic carbocycles. The topological polar surface area (TPSA) is 61.4 Å². The molecule has 20 heavy (non-hydrogen) atoms. The SMILES string of the molecule is CCCCNC(=O)Nc1cccc(CN(C)C(C)=O)c1. The van der Waals surface area contributed by atoms with Gasteiger partial charge in [0.15, 0.2) is 0 Å². The van der Waals surface area contributed by atoms with Crippen LogP contribution in [0, 0.1) is 0 Å². The van der Waals surface area contributed by atoms with E-state index in [4.69, 9.17) is 0 Å². The van der Waals surface area contributed by atoms with Crippen LogP contribution in [0.4, 0.5) is 10.5 Å². The predicted molar refractivity (Wildman–Crippen MR) is 80.5 cm³/mol. The maximum atomic E-state index is 11.6. The van der Waals surface area contributed by atoms with Crippen molar-refractivity contribution < 1.29 is 9.59 Å². The summed E-state index contributed by atoms with van der Waals surface area (Å²) in [6.45, 7) is 4.81. The molecule has 0 fully saturated rings. The molecule has 110 valence electrons. The standard InChI is InChI=1S/C15H23N3O2/c1-4-5-9-16-15(20)17-14-8-6-7-13(10-14)11-18(3)12(2)19/h6-8,10H,4-5,9,11H2,1-3H3,(H2,16,17,20). The van der Waals surface area contributed by atoms with E-state index >= 15 is 0 Å². The van der Waals surface area contributed by atoms with E-state index in [-0.39, 0.29) is 11.9 Å². The molecule has 0 radical (unpaired) electrons. The molecule has 5 nitrogen and oxygen atoms in total. The molecule has 1 aromatic carbocycles. The third-order valence-electron chi connectivity index (χ3n) is 2.96. The van der Waals surface area contributed by atoms with Gasteiger partial charge < -0.3 is 15.5 Å². The average Bonchev–Trinajstić information content (AvgIpc) is 2.39. The molecule has 1 rings (SSSR count). The first-order valence-electron chi connectivity index (χ1n) is 6.88. The first kappa shape index (κ1) is 16.0. The number of carbonyl (C=O) groups is 2. The molecule has 3 amide bonds. The smallest absolute Gasteiger partial charge is 0.319 e. The Labute approximate surface area is 120 Å². The molecule has 0 saturated carbocycles. The van der Waals surface area contributed by atoms with Crippen LogP contribution in [0.25, 0.3) is 0 Å². The van der Waals surface area contributed by atoms with Gasteiger partial charge in [-0.2, -0.15) is 0 Å². The first-order chi connectivity index (χ1) is 9.52. The lowest BCUT2D eigenvalue weighted by Gasteiger charge is -2.15. The quantitative estimate of drug-likeness (QED) is 0.785. The molecule has 0 saturated heterocycles. The predicted octanol–water partition coefficient (Wildman–Crippen LogP) is 2.59. The second kappa shape index (κ2) is 8.19. The summed E-state index contributed by atoms with van der Waals surface area (Å²) < 4.78 is 0. The molecular formula is C15H23N3O2. The second-order valence-corrected chi connectivity index (χ2v) is 4.81. The van der Waals surface area contributed by atoms with Crippen LogP contribution in [-0.4, -0.2) is 30.4 Å². The van der Waals surface area contributed by atoms with E-state index in [9.17, 15) is 9.59 Å². The molecule has 0 atom stereocenters. The second-order valence-electron chi connectivity index (χ2n) is 4.81. The highest BCUT2D eigenvalue weighted by molar-refractivity contribution is 5.89. The molecular weight excluding hydrogens is 254 g/mol. The van der Waals surface area contributed by atoms with Gasteiger partial charge in [-0.1, -0.05) is 25.5 Å². The van der Waals surface area contributed by atoms with Crippen LogP contribution in [0.2, 0.25) is 0 Å². The molecule has 0 aliphatic heterocycles. The van der Waals surface area contributed by atoms with E-state index in [1.54, 1.807) is 11.9 Å². The lowest BCUT2D eigenvalue weighted by molar-refractivity contribution is -0.128. The van der Waals surface area contributed by atoms with E-state index in [2.05, 4.69) is 17.6 Å². The number of benzene rings is 1. The zero-order valence-corrected chi connectivity index (χ0v) is 12.4. The number of unbranched alkanes of at least 4 members (excludes halogenated alkanes) is 1. The molecule has 2 N–H and O–H groups in total. The summed E-state index contributed by atoms with van der Waals surface area (Å²) in [4.78, 5) is 24.5. The van der Waals surface area contributed by atoms with Gasteiger partial charge >= 0.3 is 6.03 Å². The largest absolute Gasteiger partial charge is 0.342 e. The van der Waals surface area contributed by atoms with Crippen LogP contribution < -0.4 is 10.6 Å². The number of hydrogen-bond acceptors (Lipinski definition) is 2. The minimum atomic E-state index is -0.199. The number of nitrogens with zero attached hydrogens (tertiary/aromatic N) is 1. The molecule has 0 heterocycles. The molecule has 0 aliphatic rings. The summed E-state index contributed by atoms with van der Waals surface area (Å²) in [5.41, 5.74) is 1.71. The fraction of sp³-hybridized carbons (Fsp3) is 0.467. The summed E-state index contributed by atoms with van der Waals surface area (Å²) in [6.07, 6.45) is 2.02. The third-order valence-corrected chi connectivity index (χ3v) is 2.96. The maximum Gasteiger partial charge on any atom is 0.319 e. The fourth-order valence-corrected chi connectivity index (χ4v) is 1.69. The van der Waals surface area contributed by atoms with Gasteiger partial charge in [0, 0.05) is 32.7 Å². The summed E-state index contributed by atoms with van der Waals surface area (Å²) in [5.74, 6) is 0.0145. The lowest BCUT2D eigenvalue weighted by atomic mass is 10.2. The van der Waals surface area contributed by atoms with Crippen molar-refractivity contribution in [3.63, 3.8) is 0 Å². The van der Waals surface area contributed by atoms with E-state index in [1.165, 1.54) is 6.92 Å². The highest BCUT2D eigenvalue weighted by Crippen LogP contribution is 2.12. The maximum absolute atomic E-state index is 11.6. The number of rotatable bonds is 6. The van der Waals surface area contributed by atoms with Gasteiger partial charge in [-0.15, -0.1) is 0 Å². The molecule has 0 spiro atoms. The minimum Gasteiger partial charge on any atom is -0.342 e. The van der Waals surface area contributed by atoms with Crippen molar-refractivity contribution in [2.75, 3.05) is 18.9 Å². The van der Waals surface area contributed by atoms with Crippen molar-refractivity contribution in [3.05, 3.63) is 29.8 Å². The van der Waals surface area contributed by atoms with Gasteiger partial charge in [0.25, 0.3) is 0 Å². The zero-order chi connectivity index (χ0) is 15.0. The summed E-state index contributed by atoms with van der Waals surface area (Å²) in [7, 11) is 1.75. The molecule has 0 aromatic heterocycles. The van der Waals surface area contributed by atoms with E-state index < -0.39 is 0 Å². The van der Waals surface area contributed by atoms with E-state index in [0.29, 0.717) is 13.1 Å². The third kappa shape index (κ3) is 5.73. The molecule has 0 unspecified atom stereocenters. The van der Waals surface area contributed by atoms with Crippen LogP contribution in [0.1, 0.15) is 32.3 Å². The van der Waals surface area contributed by atoms with E-state index in [1.807, 2.05) is 24.3 Å². The monoisotopic (exact) mass is 277 g/mol. The number of hydrogen-bond donors (Lipinski definition) is 2. The molecule has 0 bridgehead atoms. The number of urea groups is 1. The highest BCUT2D eigenvalue weighted by atomic mass is 16.2. The van der Waals surface area contributed by atoms with Gasteiger partial charge in [0.2, 0.25) is 5.91 Å². The Hall–Kier alpha value is -2.04. The van der Waals surface area contributed by atoms with Gasteiger partial charge in [0.1, 0.15) is 0 Å². The minimum absolute atomic E-state index is 0.0145. The Kier molecular flexibility index (Phi) is 6.56. The Balaban J connectivity index is 2.55. The Morgan fingerprint density at radius 3 is 2.70 bits per heavy atom. The van der Waals surface area contributed by atoms with Crippen LogP contribution in [-0.2, 0) is 11.3 Å². The molecule has 5 heteroatoms. The van der Waals surface area contributed by atoms with Crippen molar-refractivity contribution in [1.82, 2.24) is 10.2 Å². The summed E-state index contributed by atoms with van der Waals surface area (Å²) in [5, 5.41) is 5.59. The van der Waals surface area contributed by atoms with Crippen molar-refractivity contribution in [2.24, 2.45) is 0 Å². The molecule has 1 aromatic rings. The van der Waals surface area contributed by atoms with Crippen LogP contribution in [0.3, 0.4) is 0 Å². The normalized spacial score (nSPS) is 9.95. The first-order valence-corrected chi connectivity index (χ1v) is 6.88. The van der Waals surface area contributed by atoms with Crippen LogP contribution in [0.15, 0.2) is 24.3 Å². The van der Waals surface area contributed by atoms with Crippen molar-refractivity contribution in [3.8, 4) is 0 Å².